The summed E-state index contributed by atoms with van der Waals surface area (Å²) in [5.74, 6) is 0. The number of alkyl halides is 3. The highest BCUT2D eigenvalue weighted by Gasteiger charge is 2.47. The summed E-state index contributed by atoms with van der Waals surface area (Å²) < 4.78 is 60.8. The zero-order valence-electron chi connectivity index (χ0n) is 8.73. The zero-order valence-corrected chi connectivity index (χ0v) is 9.55. The zero-order chi connectivity index (χ0) is 13.1. The van der Waals surface area contributed by atoms with Crippen molar-refractivity contribution in [3.63, 3.8) is 0 Å². The van der Waals surface area contributed by atoms with Crippen LogP contribution >= 0.6 is 0 Å². The smallest absolute Gasteiger partial charge is 0.384 e. The quantitative estimate of drug-likeness (QED) is 0.480. The molecule has 0 heterocycles. The van der Waals surface area contributed by atoms with E-state index in [0.717, 1.165) is 0 Å². The molecular formula is C10H9F3O3S. The first kappa shape index (κ1) is 13.6. The lowest BCUT2D eigenvalue weighted by Gasteiger charge is -2.07. The van der Waals surface area contributed by atoms with Gasteiger partial charge in [-0.3, -0.25) is 0 Å². The van der Waals surface area contributed by atoms with E-state index in [9.17, 15) is 21.6 Å². The molecule has 0 spiro atoms. The third-order valence-corrected chi connectivity index (χ3v) is 2.78. The summed E-state index contributed by atoms with van der Waals surface area (Å²) in [6, 6.07) is 8.31. The third-order valence-electron chi connectivity index (χ3n) is 1.86. The maximum Gasteiger partial charge on any atom is 0.534 e. The van der Waals surface area contributed by atoms with Gasteiger partial charge in [0.05, 0.1) is 0 Å². The fourth-order valence-electron chi connectivity index (χ4n) is 0.959. The molecule has 1 rings (SSSR count). The van der Waals surface area contributed by atoms with Gasteiger partial charge < -0.3 is 4.18 Å². The van der Waals surface area contributed by atoms with Gasteiger partial charge in [0.25, 0.3) is 0 Å². The van der Waals surface area contributed by atoms with Gasteiger partial charge in [0.2, 0.25) is 0 Å². The number of hydrogen-bond donors (Lipinski definition) is 0. The average Bonchev–Trinajstić information content (AvgIpc) is 2.25. The monoisotopic (exact) mass is 266 g/mol. The molecule has 94 valence electrons. The average molecular weight is 266 g/mol. The summed E-state index contributed by atoms with van der Waals surface area (Å²) in [4.78, 5) is 0. The predicted octanol–water partition coefficient (Wildman–Crippen LogP) is 2.91. The molecule has 3 nitrogen and oxygen atoms in total. The second-order valence-corrected chi connectivity index (χ2v) is 4.73. The maximum absolute atomic E-state index is 11.9. The molecule has 0 saturated carbocycles. The summed E-state index contributed by atoms with van der Waals surface area (Å²) in [5, 5.41) is 0. The van der Waals surface area contributed by atoms with Gasteiger partial charge in [0.1, 0.15) is 6.26 Å². The highest BCUT2D eigenvalue weighted by Crippen LogP contribution is 2.25. The second-order valence-electron chi connectivity index (χ2n) is 3.16. The van der Waals surface area contributed by atoms with Crippen LogP contribution in [-0.2, 0) is 14.3 Å². The molecule has 0 atom stereocenters. The maximum atomic E-state index is 11.9. The summed E-state index contributed by atoms with van der Waals surface area (Å²) in [6.45, 7) is 1.45. The fraction of sp³-hybridized carbons (Fsp3) is 0.200. The van der Waals surface area contributed by atoms with Gasteiger partial charge in [0.15, 0.2) is 0 Å². The van der Waals surface area contributed by atoms with Crippen molar-refractivity contribution in [1.82, 2.24) is 0 Å². The van der Waals surface area contributed by atoms with Crippen LogP contribution in [0.25, 0.3) is 5.57 Å². The molecule has 0 fully saturated rings. The first-order valence-corrected chi connectivity index (χ1v) is 5.86. The minimum absolute atomic E-state index is 0.276. The number of hydrogen-bond acceptors (Lipinski definition) is 3. The molecule has 0 aliphatic carbocycles. The van der Waals surface area contributed by atoms with E-state index in [1.54, 1.807) is 30.3 Å². The molecule has 0 aliphatic heterocycles. The van der Waals surface area contributed by atoms with Crippen molar-refractivity contribution in [2.24, 2.45) is 0 Å². The van der Waals surface area contributed by atoms with Gasteiger partial charge in [-0.1, -0.05) is 30.3 Å². The summed E-state index contributed by atoms with van der Waals surface area (Å²) in [5.41, 5.74) is -4.57. The van der Waals surface area contributed by atoms with Gasteiger partial charge in [-0.05, 0) is 18.1 Å². The Morgan fingerprint density at radius 1 is 1.24 bits per heavy atom. The van der Waals surface area contributed by atoms with Gasteiger partial charge >= 0.3 is 15.6 Å². The van der Waals surface area contributed by atoms with Crippen LogP contribution in [0.5, 0.6) is 0 Å². The van der Waals surface area contributed by atoms with Crippen molar-refractivity contribution in [3.05, 3.63) is 42.2 Å². The van der Waals surface area contributed by atoms with Crippen molar-refractivity contribution in [2.75, 3.05) is 0 Å². The Labute approximate surface area is 96.6 Å². The van der Waals surface area contributed by atoms with Crippen molar-refractivity contribution in [1.29, 1.82) is 0 Å². The lowest BCUT2D eigenvalue weighted by Crippen LogP contribution is -2.23. The Balaban J connectivity index is 2.87. The Morgan fingerprint density at radius 3 is 2.24 bits per heavy atom. The van der Waals surface area contributed by atoms with E-state index in [4.69, 9.17) is 0 Å². The molecule has 1 aromatic carbocycles. The van der Waals surface area contributed by atoms with Crippen LogP contribution in [0.15, 0.2) is 36.6 Å². The Hall–Kier alpha value is -1.50. The number of rotatable bonds is 3. The topological polar surface area (TPSA) is 43.4 Å². The van der Waals surface area contributed by atoms with E-state index in [-0.39, 0.29) is 5.57 Å². The highest BCUT2D eigenvalue weighted by atomic mass is 32.2. The van der Waals surface area contributed by atoms with E-state index in [1.807, 2.05) is 0 Å². The second kappa shape index (κ2) is 4.79. The van der Waals surface area contributed by atoms with E-state index < -0.39 is 15.6 Å². The molecular weight excluding hydrogens is 257 g/mol. The molecule has 0 aromatic heterocycles. The van der Waals surface area contributed by atoms with E-state index in [1.165, 1.54) is 6.92 Å². The molecule has 7 heteroatoms. The number of benzene rings is 1. The SMILES string of the molecule is C/C(=C\OS(=O)(=O)C(F)(F)F)c1ccccc1. The van der Waals surface area contributed by atoms with Crippen molar-refractivity contribution < 1.29 is 25.8 Å². The van der Waals surface area contributed by atoms with Crippen molar-refractivity contribution in [2.45, 2.75) is 12.4 Å². The Bertz CT molecular complexity index is 503. The summed E-state index contributed by atoms with van der Waals surface area (Å²) >= 11 is 0. The van der Waals surface area contributed by atoms with Crippen LogP contribution in [0.3, 0.4) is 0 Å². The first-order chi connectivity index (χ1) is 7.74. The molecule has 0 aliphatic rings. The van der Waals surface area contributed by atoms with Crippen LogP contribution in [0.4, 0.5) is 13.2 Å². The van der Waals surface area contributed by atoms with E-state index in [0.29, 0.717) is 11.8 Å². The van der Waals surface area contributed by atoms with E-state index in [2.05, 4.69) is 4.18 Å². The lowest BCUT2D eigenvalue weighted by atomic mass is 10.1. The van der Waals surface area contributed by atoms with Gasteiger partial charge in [0, 0.05) is 0 Å². The summed E-state index contributed by atoms with van der Waals surface area (Å²) in [6.07, 6.45) is 0.568. The first-order valence-electron chi connectivity index (χ1n) is 4.46. The Morgan fingerprint density at radius 2 is 1.76 bits per heavy atom. The molecule has 17 heavy (non-hydrogen) atoms. The van der Waals surface area contributed by atoms with Crippen molar-refractivity contribution in [3.8, 4) is 0 Å². The minimum atomic E-state index is -5.58. The molecule has 0 radical (unpaired) electrons. The Kier molecular flexibility index (Phi) is 3.82. The van der Waals surface area contributed by atoms with Crippen molar-refractivity contribution >= 4 is 15.7 Å². The van der Waals surface area contributed by atoms with Gasteiger partial charge in [-0.2, -0.15) is 21.6 Å². The molecule has 0 amide bonds. The molecule has 0 saturated heterocycles. The van der Waals surface area contributed by atoms with Crippen LogP contribution in [-0.4, -0.2) is 13.9 Å². The summed E-state index contributed by atoms with van der Waals surface area (Å²) in [7, 11) is -5.58. The molecule has 0 unspecified atom stereocenters. The normalized spacial score (nSPS) is 13.5. The predicted molar refractivity (Wildman–Crippen MR) is 56.2 cm³/mol. The molecule has 0 bridgehead atoms. The third kappa shape index (κ3) is 3.48. The molecule has 0 N–H and O–H groups in total. The lowest BCUT2D eigenvalue weighted by molar-refractivity contribution is -0.0514. The van der Waals surface area contributed by atoms with Gasteiger partial charge in [-0.25, -0.2) is 0 Å². The standard InChI is InChI=1S/C10H9F3O3S/c1-8(9-5-3-2-4-6-9)7-16-17(14,15)10(11,12)13/h2-7H,1H3/b8-7+. The molecule has 1 aromatic rings. The van der Waals surface area contributed by atoms with E-state index >= 15 is 0 Å². The van der Waals surface area contributed by atoms with Crippen LogP contribution in [0, 0.1) is 0 Å². The minimum Gasteiger partial charge on any atom is -0.384 e. The van der Waals surface area contributed by atoms with Crippen LogP contribution in [0.2, 0.25) is 0 Å². The van der Waals surface area contributed by atoms with Gasteiger partial charge in [-0.15, -0.1) is 0 Å². The number of halogens is 3. The number of allylic oxidation sites excluding steroid dienone is 1. The van der Waals surface area contributed by atoms with Crippen LogP contribution < -0.4 is 0 Å². The van der Waals surface area contributed by atoms with Crippen LogP contribution in [0.1, 0.15) is 12.5 Å². The highest BCUT2D eigenvalue weighted by molar-refractivity contribution is 7.87. The largest absolute Gasteiger partial charge is 0.534 e. The fourth-order valence-corrected chi connectivity index (χ4v) is 1.34.